The van der Waals surface area contributed by atoms with E-state index in [0.29, 0.717) is 0 Å². The number of aryl methyl sites for hydroxylation is 1. The Morgan fingerprint density at radius 3 is 3.18 bits per heavy atom. The van der Waals surface area contributed by atoms with Crippen LogP contribution in [-0.2, 0) is 13.1 Å². The van der Waals surface area contributed by atoms with Gasteiger partial charge in [0.2, 0.25) is 0 Å². The number of nitrogens with zero attached hydrogens (tertiary/aromatic N) is 3. The maximum Gasteiger partial charge on any atom is 0.141 e. The predicted molar refractivity (Wildman–Crippen MR) is 68.9 cm³/mol. The third kappa shape index (κ3) is 2.40. The first-order valence-corrected chi connectivity index (χ1v) is 6.94. The summed E-state index contributed by atoms with van der Waals surface area (Å²) >= 11 is 1.70. The highest BCUT2D eigenvalue weighted by Crippen LogP contribution is 2.24. The minimum Gasteiger partial charge on any atom is -0.308 e. The van der Waals surface area contributed by atoms with E-state index < -0.39 is 0 Å². The third-order valence-electron chi connectivity index (χ3n) is 2.94. The highest BCUT2D eigenvalue weighted by Gasteiger charge is 2.20. The highest BCUT2D eigenvalue weighted by molar-refractivity contribution is 7.13. The molecule has 0 aliphatic heterocycles. The molecule has 0 unspecified atom stereocenters. The lowest BCUT2D eigenvalue weighted by Crippen LogP contribution is -2.15. The first-order chi connectivity index (χ1) is 8.36. The van der Waals surface area contributed by atoms with Crippen LogP contribution in [0.5, 0.6) is 0 Å². The van der Waals surface area contributed by atoms with Gasteiger partial charge in [-0.3, -0.25) is 4.68 Å². The summed E-state index contributed by atoms with van der Waals surface area (Å²) in [7, 11) is 0. The summed E-state index contributed by atoms with van der Waals surface area (Å²) in [6, 6.07) is 2.77. The molecule has 0 atom stereocenters. The molecular weight excluding hydrogens is 232 g/mol. The Balaban J connectivity index is 1.74. The van der Waals surface area contributed by atoms with Gasteiger partial charge in [0.15, 0.2) is 0 Å². The van der Waals surface area contributed by atoms with Crippen molar-refractivity contribution in [3.63, 3.8) is 0 Å². The third-order valence-corrected chi connectivity index (χ3v) is 3.85. The number of rotatable bonds is 5. The van der Waals surface area contributed by atoms with Crippen LogP contribution >= 0.6 is 11.3 Å². The van der Waals surface area contributed by atoms with Crippen molar-refractivity contribution in [1.82, 2.24) is 20.1 Å². The SMILES string of the molecule is CCn1nccc1-c1nc(CNC2CC2)cs1. The van der Waals surface area contributed by atoms with Crippen LogP contribution in [-0.4, -0.2) is 20.8 Å². The van der Waals surface area contributed by atoms with Crippen LogP contribution in [0, 0.1) is 0 Å². The molecule has 0 aromatic carbocycles. The molecule has 2 heterocycles. The van der Waals surface area contributed by atoms with E-state index in [1.165, 1.54) is 12.8 Å². The van der Waals surface area contributed by atoms with Gasteiger partial charge in [-0.1, -0.05) is 0 Å². The van der Waals surface area contributed by atoms with Gasteiger partial charge >= 0.3 is 0 Å². The van der Waals surface area contributed by atoms with Crippen molar-refractivity contribution < 1.29 is 0 Å². The lowest BCUT2D eigenvalue weighted by molar-refractivity contribution is 0.664. The van der Waals surface area contributed by atoms with E-state index in [1.807, 2.05) is 16.9 Å². The Kier molecular flexibility index (Phi) is 2.94. The molecule has 1 fully saturated rings. The van der Waals surface area contributed by atoms with E-state index in [0.717, 1.165) is 35.5 Å². The van der Waals surface area contributed by atoms with Crippen LogP contribution in [0.15, 0.2) is 17.6 Å². The monoisotopic (exact) mass is 248 g/mol. The van der Waals surface area contributed by atoms with Gasteiger partial charge in [-0.15, -0.1) is 11.3 Å². The van der Waals surface area contributed by atoms with Crippen LogP contribution in [0.25, 0.3) is 10.7 Å². The van der Waals surface area contributed by atoms with Gasteiger partial charge in [-0.2, -0.15) is 5.10 Å². The molecule has 17 heavy (non-hydrogen) atoms. The second kappa shape index (κ2) is 4.58. The van der Waals surface area contributed by atoms with E-state index in [-0.39, 0.29) is 0 Å². The van der Waals surface area contributed by atoms with Crippen molar-refractivity contribution in [3.05, 3.63) is 23.3 Å². The van der Waals surface area contributed by atoms with Crippen LogP contribution in [0.3, 0.4) is 0 Å². The van der Waals surface area contributed by atoms with Crippen LogP contribution in [0.4, 0.5) is 0 Å². The van der Waals surface area contributed by atoms with Crippen molar-refractivity contribution in [2.75, 3.05) is 0 Å². The molecule has 0 spiro atoms. The van der Waals surface area contributed by atoms with Crippen LogP contribution < -0.4 is 5.32 Å². The van der Waals surface area contributed by atoms with E-state index in [2.05, 4.69) is 27.7 Å². The number of nitrogens with one attached hydrogen (secondary N) is 1. The smallest absolute Gasteiger partial charge is 0.141 e. The molecule has 5 heteroatoms. The number of hydrogen-bond acceptors (Lipinski definition) is 4. The summed E-state index contributed by atoms with van der Waals surface area (Å²) in [4.78, 5) is 4.66. The predicted octanol–water partition coefficient (Wildman–Crippen LogP) is 2.28. The summed E-state index contributed by atoms with van der Waals surface area (Å²) in [6.45, 7) is 3.87. The standard InChI is InChI=1S/C12H16N4S/c1-2-16-11(5-6-14-16)12-15-10(8-17-12)7-13-9-3-4-9/h5-6,8-9,13H,2-4,7H2,1H3. The maximum atomic E-state index is 4.66. The van der Waals surface area contributed by atoms with Crippen molar-refractivity contribution in [2.45, 2.75) is 38.9 Å². The van der Waals surface area contributed by atoms with Gasteiger partial charge in [0.1, 0.15) is 5.01 Å². The molecule has 0 saturated heterocycles. The molecule has 0 radical (unpaired) electrons. The summed E-state index contributed by atoms with van der Waals surface area (Å²) in [5, 5.41) is 11.0. The number of aromatic nitrogens is 3. The molecule has 1 aliphatic rings. The molecule has 3 rings (SSSR count). The minimum absolute atomic E-state index is 0.737. The topological polar surface area (TPSA) is 42.7 Å². The van der Waals surface area contributed by atoms with E-state index in [1.54, 1.807) is 11.3 Å². The Hall–Kier alpha value is -1.20. The van der Waals surface area contributed by atoms with E-state index in [9.17, 15) is 0 Å². The molecule has 0 amide bonds. The molecule has 4 nitrogen and oxygen atoms in total. The van der Waals surface area contributed by atoms with Crippen LogP contribution in [0.2, 0.25) is 0 Å². The fourth-order valence-corrected chi connectivity index (χ4v) is 2.66. The van der Waals surface area contributed by atoms with Gasteiger partial charge in [-0.05, 0) is 25.8 Å². The normalized spacial score (nSPS) is 15.4. The summed E-state index contributed by atoms with van der Waals surface area (Å²) in [5.74, 6) is 0. The van der Waals surface area contributed by atoms with Gasteiger partial charge in [0.25, 0.3) is 0 Å². The largest absolute Gasteiger partial charge is 0.308 e. The quantitative estimate of drug-likeness (QED) is 0.882. The van der Waals surface area contributed by atoms with Gasteiger partial charge in [0.05, 0.1) is 11.4 Å². The van der Waals surface area contributed by atoms with E-state index >= 15 is 0 Å². The van der Waals surface area contributed by atoms with Gasteiger partial charge in [0, 0.05) is 30.7 Å². The second-order valence-corrected chi connectivity index (χ2v) is 5.19. The molecule has 1 saturated carbocycles. The van der Waals surface area contributed by atoms with Crippen molar-refractivity contribution in [2.24, 2.45) is 0 Å². The second-order valence-electron chi connectivity index (χ2n) is 4.33. The molecule has 2 aromatic rings. The molecule has 2 aromatic heterocycles. The number of hydrogen-bond donors (Lipinski definition) is 1. The maximum absolute atomic E-state index is 4.66. The molecule has 0 bridgehead atoms. The van der Waals surface area contributed by atoms with Gasteiger partial charge < -0.3 is 5.32 Å². The molecule has 1 N–H and O–H groups in total. The van der Waals surface area contributed by atoms with Crippen molar-refractivity contribution in [1.29, 1.82) is 0 Å². The summed E-state index contributed by atoms with van der Waals surface area (Å²) in [6.07, 6.45) is 4.47. The first kappa shape index (κ1) is 10.9. The zero-order valence-electron chi connectivity index (χ0n) is 9.89. The molecular formula is C12H16N4S. The average molecular weight is 248 g/mol. The fourth-order valence-electron chi connectivity index (χ4n) is 1.81. The van der Waals surface area contributed by atoms with Crippen LogP contribution in [0.1, 0.15) is 25.5 Å². The van der Waals surface area contributed by atoms with Crippen molar-refractivity contribution >= 4 is 11.3 Å². The zero-order valence-corrected chi connectivity index (χ0v) is 10.7. The summed E-state index contributed by atoms with van der Waals surface area (Å²) < 4.78 is 1.98. The Morgan fingerprint density at radius 1 is 1.53 bits per heavy atom. The summed E-state index contributed by atoms with van der Waals surface area (Å²) in [5.41, 5.74) is 2.26. The Morgan fingerprint density at radius 2 is 2.41 bits per heavy atom. The average Bonchev–Trinajstić information content (AvgIpc) is 2.89. The van der Waals surface area contributed by atoms with Crippen molar-refractivity contribution in [3.8, 4) is 10.7 Å². The lowest BCUT2D eigenvalue weighted by Gasteiger charge is -2.00. The van der Waals surface area contributed by atoms with E-state index in [4.69, 9.17) is 0 Å². The Bertz CT molecular complexity index is 498. The first-order valence-electron chi connectivity index (χ1n) is 6.07. The zero-order chi connectivity index (χ0) is 11.7. The lowest BCUT2D eigenvalue weighted by atomic mass is 10.4. The highest BCUT2D eigenvalue weighted by atomic mass is 32.1. The fraction of sp³-hybridized carbons (Fsp3) is 0.500. The Labute approximate surface area is 105 Å². The number of thiazole rings is 1. The minimum atomic E-state index is 0.737. The molecule has 90 valence electrons. The van der Waals surface area contributed by atoms with Gasteiger partial charge in [-0.25, -0.2) is 4.98 Å². The molecule has 1 aliphatic carbocycles.